The highest BCUT2D eigenvalue weighted by Crippen LogP contribution is 2.45. The predicted octanol–water partition coefficient (Wildman–Crippen LogP) is 37.7. The maximum Gasteiger partial charge on any atom is 0.401 e. The number of rotatable bonds is 70. The summed E-state index contributed by atoms with van der Waals surface area (Å²) in [6.45, 7) is 29.0. The third-order valence-corrected chi connectivity index (χ3v) is 58.1. The van der Waals surface area contributed by atoms with Crippen molar-refractivity contribution >= 4 is 149 Å². The molecule has 11 aromatic rings. The molecule has 2 N–H and O–H groups in total. The highest BCUT2D eigenvalue weighted by atomic mass is 28.5. The van der Waals surface area contributed by atoms with Crippen molar-refractivity contribution in [3.8, 4) is 45.6 Å². The maximum absolute atomic E-state index is 9.44. The first-order valence-corrected chi connectivity index (χ1v) is 70.1. The molecule has 2 radical (unpaired) electrons. The number of benzene rings is 8. The Hall–Kier alpha value is -6.70. The third-order valence-electron chi connectivity index (χ3n) is 31.0. The average Bonchev–Trinajstić information content (AvgIpc) is 1.60. The fourth-order valence-corrected chi connectivity index (χ4v) is 52.1. The molecule has 0 fully saturated rings. The number of aromatic amines is 2. The van der Waals surface area contributed by atoms with Crippen LogP contribution in [0.15, 0.2) is 133 Å². The molecule has 3 aromatic heterocycles. The van der Waals surface area contributed by atoms with Crippen LogP contribution in [0.3, 0.4) is 0 Å². The number of hydrogen-bond donors (Lipinski definition) is 2. The standard InChI is InChI=1S/C120H180N8O4Si6/c1-13-25-37-55-73-135(74-56-38-26-14-2,75-57-39-27-15-3)129-133(130-136(76-58-40-28-16-4,77-59-41-29-17-5)78-60-42-30-18-6)111-93-101-91-109-110(92-102(101)94-112(111)134(131-137(79-61-43-31-19-7,80-62-44-32-20-8)81-63-45-33-21-9)132-138(82-64-46-34-22-10,83-65-47-35-23-11)84-66-48-36-24-12)120-127-118-108-90-100-72-54-52-70-98(100)88-106(108)116(125-118)123-114-104-86-96-68-50-49-67-95(96)85-103(104)113(121-114)122-115-105-87-97-69-51-53-71-99(97)89-107(105)117(124-115)126-119(109)128-120/h49-54,67-72,85-94H,13-48,55-66,73-84H2,1-12H3,(H2,121,122,123,124,125,126,127,128). The van der Waals surface area contributed by atoms with Gasteiger partial charge in [0, 0.05) is 43.8 Å². The average molecular weight is 1970 g/mol. The van der Waals surface area contributed by atoms with Crippen molar-refractivity contribution in [2.24, 2.45) is 0 Å². The van der Waals surface area contributed by atoms with E-state index < -0.39 is 51.8 Å². The van der Waals surface area contributed by atoms with E-state index in [9.17, 15) is 16.5 Å². The molecule has 0 atom stereocenters. The van der Waals surface area contributed by atoms with Crippen LogP contribution >= 0.6 is 0 Å². The maximum atomic E-state index is 9.44. The van der Waals surface area contributed by atoms with Gasteiger partial charge in [0.2, 0.25) is 0 Å². The van der Waals surface area contributed by atoms with Crippen molar-refractivity contribution in [2.75, 3.05) is 0 Å². The van der Waals surface area contributed by atoms with Gasteiger partial charge in [-0.05, 0) is 175 Å². The van der Waals surface area contributed by atoms with Gasteiger partial charge >= 0.3 is 18.6 Å². The van der Waals surface area contributed by atoms with Gasteiger partial charge in [-0.2, -0.15) is 0 Å². The predicted molar refractivity (Wildman–Crippen MR) is 612 cm³/mol. The first-order chi connectivity index (χ1) is 67.8. The number of fused-ring (bicyclic) bond motifs is 24. The number of nitrogens with one attached hydrogen (secondary N) is 2. The zero-order valence-electron chi connectivity index (χ0n) is 88.4. The van der Waals surface area contributed by atoms with Crippen molar-refractivity contribution in [2.45, 2.75) is 464 Å². The van der Waals surface area contributed by atoms with E-state index in [1.165, 1.54) is 402 Å². The molecule has 2 aliphatic rings. The number of hydrogen-bond acceptors (Lipinski definition) is 10. The second-order valence-electron chi connectivity index (χ2n) is 42.4. The van der Waals surface area contributed by atoms with Crippen molar-refractivity contribution in [1.29, 1.82) is 0 Å². The van der Waals surface area contributed by atoms with Gasteiger partial charge in [-0.3, -0.25) is 0 Å². The smallest absolute Gasteiger partial charge is 0.401 e. The molecule has 0 amide bonds. The van der Waals surface area contributed by atoms with E-state index in [1.54, 1.807) is 0 Å². The molecule has 0 unspecified atom stereocenters. The first kappa shape index (κ1) is 109. The van der Waals surface area contributed by atoms with Crippen molar-refractivity contribution in [3.63, 3.8) is 0 Å². The van der Waals surface area contributed by atoms with Crippen LogP contribution in [0.1, 0.15) is 391 Å². The SMILES string of the molecule is CCCCCC[Si](CCCCCC)(CCCCCC)O[Si](O[Si](CCCCCC)(CCCCCC)CCCCCC)c1cc2cc3c4nc5nc(nc6[nH]c(nc7nc(nc([nH]4)c3cc2cc1[Si](O[Si](CCCCCC)(CCCCCC)CCCCCC)O[Si](CCCCCC)(CCCCCC)CCCCCC)-c1cc2ccccc2cc1-7)c1cc2ccccc2cc61)-c1cc2ccccc2cc1-5. The second kappa shape index (κ2) is 57.1. The molecule has 12 nitrogen and oxygen atoms in total. The summed E-state index contributed by atoms with van der Waals surface area (Å²) in [5, 5.41) is 15.7. The minimum absolute atomic E-state index is 0.599. The van der Waals surface area contributed by atoms with E-state index in [1.807, 2.05) is 0 Å². The molecule has 0 saturated carbocycles. The Kier molecular flexibility index (Phi) is 44.9. The summed E-state index contributed by atoms with van der Waals surface area (Å²) >= 11 is 0. The summed E-state index contributed by atoms with van der Waals surface area (Å²) < 4.78 is 37.8. The van der Waals surface area contributed by atoms with Gasteiger partial charge in [0.05, 0.1) is 0 Å². The highest BCUT2D eigenvalue weighted by Gasteiger charge is 2.50. The Morgan fingerprint density at radius 1 is 0.196 bits per heavy atom. The highest BCUT2D eigenvalue weighted by molar-refractivity contribution is 6.92. The van der Waals surface area contributed by atoms with Crippen molar-refractivity contribution < 1.29 is 16.5 Å². The summed E-state index contributed by atoms with van der Waals surface area (Å²) in [4.78, 5) is 42.7. The number of nitrogens with zero attached hydrogens (tertiary/aromatic N) is 6. The second-order valence-corrected chi connectivity index (χ2v) is 63.4. The zero-order chi connectivity index (χ0) is 96.6. The Morgan fingerprint density at radius 3 is 0.536 bits per heavy atom. The normalized spacial score (nSPS) is 12.7. The molecule has 0 aliphatic carbocycles. The molecule has 18 heteroatoms. The van der Waals surface area contributed by atoms with Crippen molar-refractivity contribution in [3.05, 3.63) is 133 Å². The van der Waals surface area contributed by atoms with Crippen LogP contribution in [0.2, 0.25) is 72.5 Å². The lowest BCUT2D eigenvalue weighted by Gasteiger charge is -2.43. The Balaban J connectivity index is 1.22. The minimum atomic E-state index is -2.71. The lowest BCUT2D eigenvalue weighted by molar-refractivity contribution is 0.395. The van der Waals surface area contributed by atoms with Gasteiger partial charge in [-0.1, -0.05) is 476 Å². The van der Waals surface area contributed by atoms with E-state index in [-0.39, 0.29) is 0 Å². The summed E-state index contributed by atoms with van der Waals surface area (Å²) in [6.07, 6.45) is 59.8. The third kappa shape index (κ3) is 30.0. The van der Waals surface area contributed by atoms with E-state index >= 15 is 0 Å². The quantitative estimate of drug-likeness (QED) is 0.0279. The first-order valence-electron chi connectivity index (χ1n) is 57.3. The summed E-state index contributed by atoms with van der Waals surface area (Å²) in [5.41, 5.74) is 6.51. The van der Waals surface area contributed by atoms with Gasteiger partial charge in [0.15, 0.2) is 56.6 Å². The van der Waals surface area contributed by atoms with Gasteiger partial charge in [-0.25, -0.2) is 29.9 Å². The van der Waals surface area contributed by atoms with Gasteiger partial charge in [-0.15, -0.1) is 0 Å². The van der Waals surface area contributed by atoms with Gasteiger partial charge < -0.3 is 26.4 Å². The van der Waals surface area contributed by atoms with E-state index in [2.05, 4.69) is 227 Å². The summed E-state index contributed by atoms with van der Waals surface area (Å²) in [6, 6.07) is 64.7. The van der Waals surface area contributed by atoms with Crippen LogP contribution in [-0.2, 0) is 16.5 Å². The lowest BCUT2D eigenvalue weighted by atomic mass is 10.0. The number of unbranched alkanes of at least 4 members (excludes halogenated alkanes) is 36. The fourth-order valence-electron chi connectivity index (χ4n) is 22.6. The monoisotopic (exact) mass is 1970 g/mol. The van der Waals surface area contributed by atoms with Gasteiger partial charge in [0.1, 0.15) is 22.6 Å². The van der Waals surface area contributed by atoms with E-state index in [0.717, 1.165) is 76.1 Å². The molecule has 2 aliphatic heterocycles. The van der Waals surface area contributed by atoms with E-state index in [0.29, 0.717) is 45.9 Å². The zero-order valence-corrected chi connectivity index (χ0v) is 94.4. The van der Waals surface area contributed by atoms with Crippen LogP contribution in [0.25, 0.3) is 133 Å². The molecule has 5 heterocycles. The lowest BCUT2D eigenvalue weighted by Crippen LogP contribution is -2.64. The molecule has 138 heavy (non-hydrogen) atoms. The Labute approximate surface area is 842 Å². The largest absolute Gasteiger partial charge is 0.432 e. The molecular weight excluding hydrogens is 1790 g/mol. The molecule has 0 spiro atoms. The van der Waals surface area contributed by atoms with Crippen LogP contribution in [0, 0.1) is 0 Å². The minimum Gasteiger partial charge on any atom is -0.432 e. The van der Waals surface area contributed by atoms with Crippen LogP contribution < -0.4 is 10.4 Å². The van der Waals surface area contributed by atoms with Gasteiger partial charge in [0.25, 0.3) is 0 Å². The topological polar surface area (TPSA) is 146 Å². The van der Waals surface area contributed by atoms with Crippen LogP contribution in [-0.4, -0.2) is 91.7 Å². The molecule has 0 saturated heterocycles. The molecular formula is C120H180N8O4Si6. The molecule has 13 rings (SSSR count). The Morgan fingerprint density at radius 2 is 0.362 bits per heavy atom. The number of aromatic nitrogens is 8. The van der Waals surface area contributed by atoms with Crippen LogP contribution in [0.5, 0.6) is 0 Å². The molecule has 8 aromatic carbocycles. The molecule has 8 bridgehead atoms. The molecule has 748 valence electrons. The van der Waals surface area contributed by atoms with Crippen LogP contribution in [0.4, 0.5) is 0 Å². The Bertz CT molecular complexity index is 5160. The number of H-pyrrole nitrogens is 2. The summed E-state index contributed by atoms with van der Waals surface area (Å²) in [5.74, 6) is 2.41. The van der Waals surface area contributed by atoms with E-state index in [4.69, 9.17) is 29.9 Å². The van der Waals surface area contributed by atoms with Crippen molar-refractivity contribution in [1.82, 2.24) is 39.9 Å². The fraction of sp³-hybridized carbons (Fsp3) is 0.600. The summed E-state index contributed by atoms with van der Waals surface area (Å²) in [7, 11) is -15.7.